The van der Waals surface area contributed by atoms with Gasteiger partial charge in [0.1, 0.15) is 5.75 Å². The first-order chi connectivity index (χ1) is 9.25. The van der Waals surface area contributed by atoms with E-state index in [0.29, 0.717) is 5.75 Å². The lowest BCUT2D eigenvalue weighted by Gasteiger charge is -2.22. The van der Waals surface area contributed by atoms with Gasteiger partial charge in [-0.05, 0) is 30.0 Å². The summed E-state index contributed by atoms with van der Waals surface area (Å²) in [6, 6.07) is 6.04. The molecule has 1 heterocycles. The lowest BCUT2D eigenvalue weighted by Crippen LogP contribution is -2.13. The molecule has 0 amide bonds. The van der Waals surface area contributed by atoms with Gasteiger partial charge in [-0.25, -0.2) is 0 Å². The van der Waals surface area contributed by atoms with Crippen LogP contribution in [-0.2, 0) is 5.41 Å². The van der Waals surface area contributed by atoms with Gasteiger partial charge in [-0.1, -0.05) is 38.5 Å². The fourth-order valence-electron chi connectivity index (χ4n) is 1.81. The van der Waals surface area contributed by atoms with Crippen molar-refractivity contribution in [3.63, 3.8) is 0 Å². The van der Waals surface area contributed by atoms with Crippen LogP contribution in [0.3, 0.4) is 0 Å². The second-order valence-corrected chi connectivity index (χ2v) is 5.93. The quantitative estimate of drug-likeness (QED) is 0.917. The van der Waals surface area contributed by atoms with Crippen molar-refractivity contribution in [2.75, 3.05) is 5.73 Å². The van der Waals surface area contributed by atoms with Crippen LogP contribution in [0.2, 0.25) is 5.28 Å². The summed E-state index contributed by atoms with van der Waals surface area (Å²) in [6.07, 6.45) is 0. The highest BCUT2D eigenvalue weighted by atomic mass is 35.5. The molecular formula is C14H17ClN4O. The molecule has 6 heteroatoms. The molecule has 1 aromatic carbocycles. The third-order valence-corrected chi connectivity index (χ3v) is 2.92. The molecule has 2 N–H and O–H groups in total. The topological polar surface area (TPSA) is 73.9 Å². The minimum absolute atomic E-state index is 0.0110. The van der Waals surface area contributed by atoms with Crippen LogP contribution in [-0.4, -0.2) is 15.0 Å². The normalized spacial score (nSPS) is 11.4. The van der Waals surface area contributed by atoms with Gasteiger partial charge >= 0.3 is 6.01 Å². The number of ether oxygens (including phenoxy) is 1. The Morgan fingerprint density at radius 2 is 1.85 bits per heavy atom. The average Bonchev–Trinajstić information content (AvgIpc) is 2.28. The molecule has 0 saturated carbocycles. The zero-order valence-corrected chi connectivity index (χ0v) is 12.7. The van der Waals surface area contributed by atoms with E-state index >= 15 is 0 Å². The molecule has 2 rings (SSSR count). The van der Waals surface area contributed by atoms with E-state index in [1.165, 1.54) is 0 Å². The Balaban J connectivity index is 2.43. The number of anilines is 1. The fraction of sp³-hybridized carbons (Fsp3) is 0.357. The van der Waals surface area contributed by atoms with Gasteiger partial charge in [0.2, 0.25) is 11.2 Å². The summed E-state index contributed by atoms with van der Waals surface area (Å²) in [4.78, 5) is 11.5. The monoisotopic (exact) mass is 292 g/mol. The predicted octanol–water partition coefficient (Wildman–Crippen LogP) is 3.51. The second-order valence-electron chi connectivity index (χ2n) is 5.60. The fourth-order valence-corrected chi connectivity index (χ4v) is 1.97. The van der Waals surface area contributed by atoms with E-state index in [1.807, 2.05) is 19.1 Å². The molecule has 0 saturated heterocycles. The number of aromatic nitrogens is 3. The van der Waals surface area contributed by atoms with Crippen LogP contribution in [0.15, 0.2) is 18.2 Å². The maximum atomic E-state index is 5.75. The molecule has 1 aromatic heterocycles. The highest BCUT2D eigenvalue weighted by Crippen LogP contribution is 2.34. The Labute approximate surface area is 123 Å². The SMILES string of the molecule is Cc1ccc(Oc2nc(N)nc(Cl)n2)c(C(C)(C)C)c1. The van der Waals surface area contributed by atoms with Crippen LogP contribution < -0.4 is 10.5 Å². The average molecular weight is 293 g/mol. The Morgan fingerprint density at radius 3 is 2.45 bits per heavy atom. The lowest BCUT2D eigenvalue weighted by molar-refractivity contribution is 0.421. The lowest BCUT2D eigenvalue weighted by atomic mass is 9.85. The Morgan fingerprint density at radius 1 is 1.15 bits per heavy atom. The number of aryl methyl sites for hydroxylation is 1. The molecule has 0 radical (unpaired) electrons. The summed E-state index contributed by atoms with van der Waals surface area (Å²) in [5, 5.41) is 0.0110. The van der Waals surface area contributed by atoms with E-state index in [9.17, 15) is 0 Å². The molecule has 0 bridgehead atoms. The third kappa shape index (κ3) is 3.36. The van der Waals surface area contributed by atoms with Gasteiger partial charge < -0.3 is 10.5 Å². The van der Waals surface area contributed by atoms with Crippen molar-refractivity contribution in [3.8, 4) is 11.8 Å². The molecule has 0 unspecified atom stereocenters. The zero-order valence-electron chi connectivity index (χ0n) is 11.9. The summed E-state index contributed by atoms with van der Waals surface area (Å²) in [5.74, 6) is 0.717. The number of nitrogens with zero attached hydrogens (tertiary/aromatic N) is 3. The molecule has 0 atom stereocenters. The van der Waals surface area contributed by atoms with Gasteiger partial charge in [-0.3, -0.25) is 0 Å². The molecule has 5 nitrogen and oxygen atoms in total. The zero-order chi connectivity index (χ0) is 14.9. The predicted molar refractivity (Wildman–Crippen MR) is 79.2 cm³/mol. The van der Waals surface area contributed by atoms with Crippen LogP contribution in [0.25, 0.3) is 0 Å². The largest absolute Gasteiger partial charge is 0.424 e. The first kappa shape index (κ1) is 14.5. The molecule has 0 aliphatic heterocycles. The van der Waals surface area contributed by atoms with Gasteiger partial charge in [0, 0.05) is 5.56 Å². The maximum Gasteiger partial charge on any atom is 0.328 e. The summed E-state index contributed by atoms with van der Waals surface area (Å²) in [6.45, 7) is 8.38. The van der Waals surface area contributed by atoms with E-state index in [-0.39, 0.29) is 22.7 Å². The number of rotatable bonds is 2. The minimum Gasteiger partial charge on any atom is -0.424 e. The van der Waals surface area contributed by atoms with Crippen LogP contribution in [0, 0.1) is 6.92 Å². The summed E-state index contributed by atoms with van der Waals surface area (Å²) in [7, 11) is 0. The third-order valence-electron chi connectivity index (χ3n) is 2.75. The maximum absolute atomic E-state index is 5.75. The molecule has 2 aromatic rings. The van der Waals surface area contributed by atoms with Gasteiger partial charge in [-0.15, -0.1) is 0 Å². The standard InChI is InChI=1S/C14H17ClN4O/c1-8-5-6-10(9(7-8)14(2,3)4)20-13-18-11(15)17-12(16)19-13/h5-7H,1-4H3,(H2,16,17,18,19). The highest BCUT2D eigenvalue weighted by Gasteiger charge is 2.20. The smallest absolute Gasteiger partial charge is 0.328 e. The molecule has 0 spiro atoms. The first-order valence-electron chi connectivity index (χ1n) is 6.22. The molecule has 106 valence electrons. The molecule has 0 aliphatic rings. The van der Waals surface area contributed by atoms with Crippen molar-refractivity contribution in [1.29, 1.82) is 0 Å². The first-order valence-corrected chi connectivity index (χ1v) is 6.59. The molecule has 0 fully saturated rings. The van der Waals surface area contributed by atoms with Crippen molar-refractivity contribution in [1.82, 2.24) is 15.0 Å². The summed E-state index contributed by atoms with van der Waals surface area (Å²) in [5.41, 5.74) is 7.69. The minimum atomic E-state index is -0.0658. The van der Waals surface area contributed by atoms with E-state index < -0.39 is 0 Å². The van der Waals surface area contributed by atoms with Crippen molar-refractivity contribution in [2.24, 2.45) is 0 Å². The number of nitrogen functional groups attached to an aromatic ring is 1. The van der Waals surface area contributed by atoms with E-state index in [2.05, 4.69) is 41.8 Å². The number of benzene rings is 1. The Kier molecular flexibility index (Phi) is 3.81. The number of hydrogen-bond acceptors (Lipinski definition) is 5. The van der Waals surface area contributed by atoms with Crippen LogP contribution in [0.4, 0.5) is 5.95 Å². The number of hydrogen-bond donors (Lipinski definition) is 1. The number of halogens is 1. The van der Waals surface area contributed by atoms with E-state index in [4.69, 9.17) is 22.1 Å². The van der Waals surface area contributed by atoms with Gasteiger partial charge in [0.05, 0.1) is 0 Å². The van der Waals surface area contributed by atoms with E-state index in [1.54, 1.807) is 0 Å². The van der Waals surface area contributed by atoms with E-state index in [0.717, 1.165) is 11.1 Å². The highest BCUT2D eigenvalue weighted by molar-refractivity contribution is 6.28. The molecule has 0 aliphatic carbocycles. The summed E-state index contributed by atoms with van der Waals surface area (Å²) >= 11 is 5.75. The Hall–Kier alpha value is -1.88. The summed E-state index contributed by atoms with van der Waals surface area (Å²) < 4.78 is 5.73. The molecule has 20 heavy (non-hydrogen) atoms. The van der Waals surface area contributed by atoms with Crippen LogP contribution >= 0.6 is 11.6 Å². The molecular weight excluding hydrogens is 276 g/mol. The second kappa shape index (κ2) is 5.25. The Bertz CT molecular complexity index is 617. The van der Waals surface area contributed by atoms with Crippen molar-refractivity contribution < 1.29 is 4.74 Å². The van der Waals surface area contributed by atoms with Gasteiger partial charge in [0.15, 0.2) is 0 Å². The van der Waals surface area contributed by atoms with Crippen LogP contribution in [0.5, 0.6) is 11.8 Å². The van der Waals surface area contributed by atoms with Gasteiger partial charge in [0.25, 0.3) is 0 Å². The van der Waals surface area contributed by atoms with Crippen molar-refractivity contribution in [2.45, 2.75) is 33.1 Å². The van der Waals surface area contributed by atoms with Gasteiger partial charge in [-0.2, -0.15) is 15.0 Å². The van der Waals surface area contributed by atoms with Crippen molar-refractivity contribution >= 4 is 17.5 Å². The van der Waals surface area contributed by atoms with Crippen LogP contribution in [0.1, 0.15) is 31.9 Å². The number of nitrogens with two attached hydrogens (primary N) is 1. The van der Waals surface area contributed by atoms with Crippen molar-refractivity contribution in [3.05, 3.63) is 34.6 Å².